The van der Waals surface area contributed by atoms with E-state index in [0.717, 1.165) is 12.1 Å². The van der Waals surface area contributed by atoms with Crippen LogP contribution in [0.4, 0.5) is 17.1 Å². The highest BCUT2D eigenvalue weighted by atomic mass is 32.2. The predicted molar refractivity (Wildman–Crippen MR) is 129 cm³/mol. The molecule has 3 aromatic rings. The van der Waals surface area contributed by atoms with Crippen LogP contribution in [0.5, 0.6) is 0 Å². The van der Waals surface area contributed by atoms with E-state index >= 15 is 0 Å². The zero-order valence-corrected chi connectivity index (χ0v) is 18.6. The highest BCUT2D eigenvalue weighted by Gasteiger charge is 2.14. The van der Waals surface area contributed by atoms with Crippen LogP contribution in [0.2, 0.25) is 0 Å². The molecule has 0 saturated heterocycles. The van der Waals surface area contributed by atoms with Crippen molar-refractivity contribution in [3.63, 3.8) is 0 Å². The Morgan fingerprint density at radius 1 is 0.833 bits per heavy atom. The van der Waals surface area contributed by atoms with Gasteiger partial charge in [-0.3, -0.25) is 4.72 Å². The number of anilines is 3. The van der Waals surface area contributed by atoms with Crippen molar-refractivity contribution >= 4 is 44.4 Å². The fraction of sp³-hybridized carbons (Fsp3) is 0.174. The van der Waals surface area contributed by atoms with E-state index < -0.39 is 10.0 Å². The molecule has 5 nitrogen and oxygen atoms in total. The second-order valence-electron chi connectivity index (χ2n) is 7.01. The molecular formula is C23H25N3O2S2. The van der Waals surface area contributed by atoms with Crippen molar-refractivity contribution in [2.24, 2.45) is 0 Å². The molecule has 0 unspecified atom stereocenters. The van der Waals surface area contributed by atoms with Crippen molar-refractivity contribution in [1.82, 2.24) is 0 Å². The van der Waals surface area contributed by atoms with E-state index in [0.29, 0.717) is 22.4 Å². The largest absolute Gasteiger partial charge is 0.332 e. The third-order valence-corrected chi connectivity index (χ3v) is 6.40. The molecule has 0 bridgehead atoms. The first-order valence-corrected chi connectivity index (χ1v) is 11.6. The Labute approximate surface area is 183 Å². The van der Waals surface area contributed by atoms with Gasteiger partial charge in [0.05, 0.1) is 4.90 Å². The molecule has 156 valence electrons. The number of para-hydroxylation sites is 1. The maximum absolute atomic E-state index is 12.5. The van der Waals surface area contributed by atoms with E-state index in [1.165, 1.54) is 17.7 Å². The minimum Gasteiger partial charge on any atom is -0.332 e. The topological polar surface area (TPSA) is 70.2 Å². The van der Waals surface area contributed by atoms with Gasteiger partial charge in [-0.15, -0.1) is 0 Å². The van der Waals surface area contributed by atoms with Crippen LogP contribution in [0.15, 0.2) is 83.8 Å². The quantitative estimate of drug-likeness (QED) is 0.405. The average Bonchev–Trinajstić information content (AvgIpc) is 2.74. The molecule has 3 rings (SSSR count). The first kappa shape index (κ1) is 21.8. The molecule has 0 fully saturated rings. The van der Waals surface area contributed by atoms with Crippen molar-refractivity contribution in [3.05, 3.63) is 84.4 Å². The number of thiocarbonyl (C=S) groups is 1. The predicted octanol–water partition coefficient (Wildman–Crippen LogP) is 5.81. The van der Waals surface area contributed by atoms with Crippen LogP contribution in [0.25, 0.3) is 0 Å². The van der Waals surface area contributed by atoms with Crippen LogP contribution in [0, 0.1) is 0 Å². The summed E-state index contributed by atoms with van der Waals surface area (Å²) >= 11 is 5.37. The van der Waals surface area contributed by atoms with Crippen LogP contribution >= 0.6 is 12.2 Å². The van der Waals surface area contributed by atoms with Gasteiger partial charge in [-0.1, -0.05) is 44.2 Å². The fourth-order valence-corrected chi connectivity index (χ4v) is 4.16. The van der Waals surface area contributed by atoms with Crippen LogP contribution in [0.3, 0.4) is 0 Å². The Morgan fingerprint density at radius 3 is 1.90 bits per heavy atom. The summed E-state index contributed by atoms with van der Waals surface area (Å²) < 4.78 is 27.6. The summed E-state index contributed by atoms with van der Waals surface area (Å²) in [4.78, 5) is 0.177. The minimum absolute atomic E-state index is 0.177. The zero-order chi connectivity index (χ0) is 21.6. The summed E-state index contributed by atoms with van der Waals surface area (Å²) in [5, 5.41) is 6.65. The standard InChI is InChI=1S/C23H25N3O2S2/c1-3-17(2)18-9-11-19(12-10-18)24-23(29)25-20-13-15-22(16-14-20)30(27,28)26-21-7-5-4-6-8-21/h4-17,26H,3H2,1-2H3,(H2,24,25,29)/t17-/m0/s1. The molecule has 3 N–H and O–H groups in total. The number of rotatable bonds is 7. The van der Waals surface area contributed by atoms with Crippen LogP contribution in [0.1, 0.15) is 31.7 Å². The molecule has 0 aliphatic carbocycles. The monoisotopic (exact) mass is 439 g/mol. The van der Waals surface area contributed by atoms with Crippen LogP contribution in [-0.4, -0.2) is 13.5 Å². The molecule has 0 heterocycles. The molecular weight excluding hydrogens is 414 g/mol. The SMILES string of the molecule is CC[C@H](C)c1ccc(NC(=S)Nc2ccc(S(=O)(=O)Nc3ccccc3)cc2)cc1. The Morgan fingerprint density at radius 2 is 1.37 bits per heavy atom. The van der Waals surface area contributed by atoms with Gasteiger partial charge in [0.25, 0.3) is 10.0 Å². The maximum Gasteiger partial charge on any atom is 0.261 e. The van der Waals surface area contributed by atoms with E-state index in [-0.39, 0.29) is 4.90 Å². The molecule has 0 aliphatic heterocycles. The number of hydrogen-bond donors (Lipinski definition) is 3. The highest BCUT2D eigenvalue weighted by molar-refractivity contribution is 7.92. The number of hydrogen-bond acceptors (Lipinski definition) is 3. The summed E-state index contributed by atoms with van der Waals surface area (Å²) in [6, 6.07) is 23.4. The van der Waals surface area contributed by atoms with E-state index in [4.69, 9.17) is 12.2 Å². The van der Waals surface area contributed by atoms with E-state index in [9.17, 15) is 8.42 Å². The second kappa shape index (κ2) is 9.73. The number of nitrogens with one attached hydrogen (secondary N) is 3. The molecule has 0 radical (unpaired) electrons. The van der Waals surface area contributed by atoms with Crippen molar-refractivity contribution in [3.8, 4) is 0 Å². The van der Waals surface area contributed by atoms with Gasteiger partial charge < -0.3 is 10.6 Å². The summed E-state index contributed by atoms with van der Waals surface area (Å²) in [6.07, 6.45) is 1.10. The molecule has 7 heteroatoms. The molecule has 0 saturated carbocycles. The Kier molecular flexibility index (Phi) is 7.07. The lowest BCUT2D eigenvalue weighted by Crippen LogP contribution is -2.19. The van der Waals surface area contributed by atoms with E-state index in [2.05, 4.69) is 41.3 Å². The van der Waals surface area contributed by atoms with Gasteiger partial charge in [-0.05, 0) is 78.7 Å². The number of sulfonamides is 1. The van der Waals surface area contributed by atoms with E-state index in [1.54, 1.807) is 36.4 Å². The van der Waals surface area contributed by atoms with Gasteiger partial charge in [0.2, 0.25) is 0 Å². The molecule has 0 amide bonds. The second-order valence-corrected chi connectivity index (χ2v) is 9.10. The first-order valence-electron chi connectivity index (χ1n) is 9.73. The molecule has 30 heavy (non-hydrogen) atoms. The first-order chi connectivity index (χ1) is 14.4. The molecule has 1 atom stereocenters. The third kappa shape index (κ3) is 5.81. The zero-order valence-electron chi connectivity index (χ0n) is 16.9. The van der Waals surface area contributed by atoms with Gasteiger partial charge >= 0.3 is 0 Å². The van der Waals surface area contributed by atoms with Crippen molar-refractivity contribution in [2.45, 2.75) is 31.1 Å². The normalized spacial score (nSPS) is 12.1. The number of benzene rings is 3. The summed E-state index contributed by atoms with van der Waals surface area (Å²) in [5.41, 5.74) is 3.40. The van der Waals surface area contributed by atoms with Crippen molar-refractivity contribution in [1.29, 1.82) is 0 Å². The van der Waals surface area contributed by atoms with Gasteiger partial charge in [0.15, 0.2) is 5.11 Å². The lowest BCUT2D eigenvalue weighted by Gasteiger charge is -2.13. The van der Waals surface area contributed by atoms with Crippen molar-refractivity contribution < 1.29 is 8.42 Å². The molecule has 0 spiro atoms. The minimum atomic E-state index is -3.65. The van der Waals surface area contributed by atoms with Gasteiger partial charge in [-0.25, -0.2) is 8.42 Å². The molecule has 0 aliphatic rings. The lowest BCUT2D eigenvalue weighted by molar-refractivity contribution is 0.601. The van der Waals surface area contributed by atoms with Crippen LogP contribution < -0.4 is 15.4 Å². The Balaban J connectivity index is 1.60. The molecule has 0 aromatic heterocycles. The lowest BCUT2D eigenvalue weighted by atomic mass is 9.99. The fourth-order valence-electron chi connectivity index (χ4n) is 2.86. The Hall–Kier alpha value is -2.90. The van der Waals surface area contributed by atoms with Gasteiger partial charge in [-0.2, -0.15) is 0 Å². The van der Waals surface area contributed by atoms with Crippen molar-refractivity contribution in [2.75, 3.05) is 15.4 Å². The Bertz CT molecular complexity index is 1080. The maximum atomic E-state index is 12.5. The van der Waals surface area contributed by atoms with Crippen LogP contribution in [-0.2, 0) is 10.0 Å². The average molecular weight is 440 g/mol. The van der Waals surface area contributed by atoms with Gasteiger partial charge in [0.1, 0.15) is 0 Å². The summed E-state index contributed by atoms with van der Waals surface area (Å²) in [7, 11) is -3.65. The summed E-state index contributed by atoms with van der Waals surface area (Å²) in [6.45, 7) is 4.37. The van der Waals surface area contributed by atoms with E-state index in [1.807, 2.05) is 18.2 Å². The van der Waals surface area contributed by atoms with Gasteiger partial charge in [0, 0.05) is 17.1 Å². The molecule has 3 aromatic carbocycles. The smallest absolute Gasteiger partial charge is 0.261 e. The third-order valence-electron chi connectivity index (χ3n) is 4.80. The summed E-state index contributed by atoms with van der Waals surface area (Å²) in [5.74, 6) is 0.523. The highest BCUT2D eigenvalue weighted by Crippen LogP contribution is 2.21.